The molecule has 134 valence electrons. The standard InChI is InChI=1S/C16H26N4O3S/c1-4-11(2)14(15(22)23-3)17-13(21)10-24-16-19-18-12-8-6-5-7-9-20(12)16/h11,14H,4-10H2,1-3H3,(H,17,21)/t11-,14-/m0/s1. The van der Waals surface area contributed by atoms with Gasteiger partial charge in [-0.3, -0.25) is 4.79 Å². The molecule has 0 unspecified atom stereocenters. The molecule has 2 rings (SSSR count). The van der Waals surface area contributed by atoms with Crippen LogP contribution in [-0.4, -0.2) is 45.5 Å². The number of rotatable bonds is 7. The summed E-state index contributed by atoms with van der Waals surface area (Å²) < 4.78 is 6.90. The Kier molecular flexibility index (Phi) is 7.08. The number of methoxy groups -OCH3 is 1. The number of ether oxygens (including phenoxy) is 1. The summed E-state index contributed by atoms with van der Waals surface area (Å²) in [5, 5.41) is 12.0. The zero-order valence-electron chi connectivity index (χ0n) is 14.6. The van der Waals surface area contributed by atoms with E-state index >= 15 is 0 Å². The number of nitrogens with zero attached hydrogens (tertiary/aromatic N) is 3. The van der Waals surface area contributed by atoms with Gasteiger partial charge in [-0.25, -0.2) is 4.79 Å². The Morgan fingerprint density at radius 2 is 2.12 bits per heavy atom. The maximum Gasteiger partial charge on any atom is 0.328 e. The van der Waals surface area contributed by atoms with Crippen LogP contribution in [-0.2, 0) is 27.3 Å². The number of hydrogen-bond donors (Lipinski definition) is 1. The molecule has 1 amide bonds. The van der Waals surface area contributed by atoms with Gasteiger partial charge >= 0.3 is 5.97 Å². The van der Waals surface area contributed by atoms with Crippen molar-refractivity contribution < 1.29 is 14.3 Å². The number of amides is 1. The lowest BCUT2D eigenvalue weighted by Gasteiger charge is -2.21. The minimum absolute atomic E-state index is 0.0239. The van der Waals surface area contributed by atoms with Crippen LogP contribution in [0.1, 0.15) is 45.4 Å². The summed E-state index contributed by atoms with van der Waals surface area (Å²) >= 11 is 1.36. The van der Waals surface area contributed by atoms with E-state index in [9.17, 15) is 9.59 Å². The van der Waals surface area contributed by atoms with Gasteiger partial charge < -0.3 is 14.6 Å². The van der Waals surface area contributed by atoms with Gasteiger partial charge in [0.25, 0.3) is 0 Å². The maximum absolute atomic E-state index is 12.2. The lowest BCUT2D eigenvalue weighted by atomic mass is 9.99. The van der Waals surface area contributed by atoms with Crippen LogP contribution >= 0.6 is 11.8 Å². The number of carbonyl (C=O) groups is 2. The lowest BCUT2D eigenvalue weighted by Crippen LogP contribution is -2.46. The average Bonchev–Trinajstić information content (AvgIpc) is 2.82. The minimum atomic E-state index is -0.608. The molecule has 7 nitrogen and oxygen atoms in total. The highest BCUT2D eigenvalue weighted by Gasteiger charge is 2.27. The maximum atomic E-state index is 12.2. The molecule has 0 aromatic carbocycles. The SMILES string of the molecule is CC[C@H](C)[C@H](NC(=O)CSc1nnc2n1CCCCC2)C(=O)OC. The van der Waals surface area contributed by atoms with Crippen LogP contribution in [0.5, 0.6) is 0 Å². The van der Waals surface area contributed by atoms with Gasteiger partial charge in [0.1, 0.15) is 11.9 Å². The third kappa shape index (κ3) is 4.72. The number of aromatic nitrogens is 3. The second kappa shape index (κ2) is 9.05. The van der Waals surface area contributed by atoms with E-state index in [-0.39, 0.29) is 17.6 Å². The first kappa shape index (κ1) is 18.8. The largest absolute Gasteiger partial charge is 0.467 e. The second-order valence-corrected chi connectivity index (χ2v) is 7.05. The van der Waals surface area contributed by atoms with Crippen molar-refractivity contribution in [3.8, 4) is 0 Å². The Balaban J connectivity index is 1.93. The molecule has 0 fully saturated rings. The molecule has 0 spiro atoms. The molecular weight excluding hydrogens is 328 g/mol. The van der Waals surface area contributed by atoms with Crippen LogP contribution < -0.4 is 5.32 Å². The van der Waals surface area contributed by atoms with Gasteiger partial charge in [-0.2, -0.15) is 0 Å². The van der Waals surface area contributed by atoms with Crippen molar-refractivity contribution >= 4 is 23.6 Å². The van der Waals surface area contributed by atoms with Crippen LogP contribution in [0.15, 0.2) is 5.16 Å². The molecule has 1 aliphatic heterocycles. The highest BCUT2D eigenvalue weighted by Crippen LogP contribution is 2.21. The van der Waals surface area contributed by atoms with E-state index in [4.69, 9.17) is 4.74 Å². The fraction of sp³-hybridized carbons (Fsp3) is 0.750. The van der Waals surface area contributed by atoms with E-state index in [1.165, 1.54) is 25.3 Å². The zero-order valence-corrected chi connectivity index (χ0v) is 15.4. The topological polar surface area (TPSA) is 86.1 Å². The Hall–Kier alpha value is -1.57. The summed E-state index contributed by atoms with van der Waals surface area (Å²) in [6, 6.07) is -0.608. The molecule has 1 N–H and O–H groups in total. The number of esters is 1. The molecule has 2 heterocycles. The summed E-state index contributed by atoms with van der Waals surface area (Å²) in [5.41, 5.74) is 0. The number of fused-ring (bicyclic) bond motifs is 1. The highest BCUT2D eigenvalue weighted by atomic mass is 32.2. The molecule has 1 aromatic heterocycles. The number of nitrogens with one attached hydrogen (secondary N) is 1. The van der Waals surface area contributed by atoms with Crippen molar-refractivity contribution in [3.05, 3.63) is 5.82 Å². The summed E-state index contributed by atoms with van der Waals surface area (Å²) in [6.07, 6.45) is 5.18. The monoisotopic (exact) mass is 354 g/mol. The number of hydrogen-bond acceptors (Lipinski definition) is 6. The Bertz CT molecular complexity index is 576. The predicted molar refractivity (Wildman–Crippen MR) is 91.7 cm³/mol. The van der Waals surface area contributed by atoms with Crippen molar-refractivity contribution in [3.63, 3.8) is 0 Å². The Morgan fingerprint density at radius 3 is 2.83 bits per heavy atom. The van der Waals surface area contributed by atoms with Gasteiger partial charge in [0, 0.05) is 13.0 Å². The summed E-state index contributed by atoms with van der Waals surface area (Å²) in [4.78, 5) is 24.1. The smallest absolute Gasteiger partial charge is 0.328 e. The van der Waals surface area contributed by atoms with E-state index in [0.717, 1.165) is 43.2 Å². The molecule has 0 radical (unpaired) electrons. The first-order valence-corrected chi connectivity index (χ1v) is 9.47. The molecule has 8 heteroatoms. The first-order valence-electron chi connectivity index (χ1n) is 8.48. The summed E-state index contributed by atoms with van der Waals surface area (Å²) in [5.74, 6) is 0.640. The van der Waals surface area contributed by atoms with Crippen molar-refractivity contribution in [2.45, 2.75) is 63.7 Å². The van der Waals surface area contributed by atoms with E-state index in [1.807, 2.05) is 13.8 Å². The molecule has 0 saturated heterocycles. The quantitative estimate of drug-likeness (QED) is 0.593. The van der Waals surface area contributed by atoms with Crippen LogP contribution in [0.4, 0.5) is 0 Å². The third-order valence-electron chi connectivity index (χ3n) is 4.39. The van der Waals surface area contributed by atoms with Crippen molar-refractivity contribution in [2.75, 3.05) is 12.9 Å². The van der Waals surface area contributed by atoms with Crippen LogP contribution in [0.3, 0.4) is 0 Å². The molecule has 0 aliphatic carbocycles. The van der Waals surface area contributed by atoms with Gasteiger partial charge in [-0.1, -0.05) is 38.5 Å². The van der Waals surface area contributed by atoms with Crippen LogP contribution in [0, 0.1) is 5.92 Å². The van der Waals surface area contributed by atoms with Crippen molar-refractivity contribution in [1.82, 2.24) is 20.1 Å². The molecule has 0 bridgehead atoms. The molecular formula is C16H26N4O3S. The van der Waals surface area contributed by atoms with Gasteiger partial charge in [-0.05, 0) is 18.8 Å². The zero-order chi connectivity index (χ0) is 17.5. The van der Waals surface area contributed by atoms with Gasteiger partial charge in [0.05, 0.1) is 12.9 Å². The van der Waals surface area contributed by atoms with E-state index in [0.29, 0.717) is 0 Å². The number of thioether (sulfide) groups is 1. The predicted octanol–water partition coefficient (Wildman–Crippen LogP) is 1.80. The highest BCUT2D eigenvalue weighted by molar-refractivity contribution is 7.99. The number of carbonyl (C=O) groups excluding carboxylic acids is 2. The molecule has 24 heavy (non-hydrogen) atoms. The fourth-order valence-electron chi connectivity index (χ4n) is 2.71. The van der Waals surface area contributed by atoms with Gasteiger partial charge in [0.15, 0.2) is 5.16 Å². The average molecular weight is 354 g/mol. The third-order valence-corrected chi connectivity index (χ3v) is 5.36. The first-order chi connectivity index (χ1) is 11.6. The molecule has 0 saturated carbocycles. The van der Waals surface area contributed by atoms with Crippen molar-refractivity contribution in [1.29, 1.82) is 0 Å². The van der Waals surface area contributed by atoms with Gasteiger partial charge in [0.2, 0.25) is 5.91 Å². The summed E-state index contributed by atoms with van der Waals surface area (Å²) in [7, 11) is 1.34. The molecule has 1 aromatic rings. The minimum Gasteiger partial charge on any atom is -0.467 e. The summed E-state index contributed by atoms with van der Waals surface area (Å²) in [6.45, 7) is 4.81. The van der Waals surface area contributed by atoms with Crippen LogP contribution in [0.25, 0.3) is 0 Å². The Labute approximate surface area is 146 Å². The van der Waals surface area contributed by atoms with E-state index in [1.54, 1.807) is 0 Å². The second-order valence-electron chi connectivity index (χ2n) is 6.10. The van der Waals surface area contributed by atoms with Gasteiger partial charge in [-0.15, -0.1) is 10.2 Å². The normalized spacial score (nSPS) is 16.6. The van der Waals surface area contributed by atoms with Crippen LogP contribution in [0.2, 0.25) is 0 Å². The van der Waals surface area contributed by atoms with E-state index in [2.05, 4.69) is 20.1 Å². The molecule has 2 atom stereocenters. The number of aryl methyl sites for hydroxylation is 1. The lowest BCUT2D eigenvalue weighted by molar-refractivity contribution is -0.146. The van der Waals surface area contributed by atoms with E-state index < -0.39 is 12.0 Å². The molecule has 1 aliphatic rings. The van der Waals surface area contributed by atoms with Crippen molar-refractivity contribution in [2.24, 2.45) is 5.92 Å². The fourth-order valence-corrected chi connectivity index (χ4v) is 3.50. The Morgan fingerprint density at radius 1 is 1.33 bits per heavy atom.